The van der Waals surface area contributed by atoms with Crippen molar-refractivity contribution in [2.75, 3.05) is 0 Å². The zero-order chi connectivity index (χ0) is 24.9. The van der Waals surface area contributed by atoms with Crippen molar-refractivity contribution in [2.24, 2.45) is 50.2 Å². The summed E-state index contributed by atoms with van der Waals surface area (Å²) in [6.45, 7) is 14.0. The molecule has 9 atom stereocenters. The van der Waals surface area contributed by atoms with Crippen LogP contribution in [0.15, 0.2) is 11.6 Å². The second-order valence-corrected chi connectivity index (χ2v) is 14.7. The molecule has 0 radical (unpaired) electrons. The number of fused-ring (bicyclic) bond motifs is 7. The lowest BCUT2D eigenvalue weighted by molar-refractivity contribution is -0.204. The Morgan fingerprint density at radius 2 is 1.62 bits per heavy atom. The zero-order valence-electron chi connectivity index (χ0n) is 22.2. The van der Waals surface area contributed by atoms with Crippen LogP contribution < -0.4 is 0 Å². The molecule has 0 saturated heterocycles. The van der Waals surface area contributed by atoms with E-state index in [4.69, 9.17) is 0 Å². The van der Waals surface area contributed by atoms with Crippen LogP contribution in [-0.4, -0.2) is 28.6 Å². The first-order valence-electron chi connectivity index (χ1n) is 13.8. The molecule has 0 heterocycles. The van der Waals surface area contributed by atoms with Crippen LogP contribution in [0.3, 0.4) is 0 Å². The normalized spacial score (nSPS) is 53.9. The molecule has 0 aliphatic heterocycles. The van der Waals surface area contributed by atoms with E-state index < -0.39 is 22.9 Å². The highest BCUT2D eigenvalue weighted by Crippen LogP contribution is 2.75. The van der Waals surface area contributed by atoms with Crippen LogP contribution >= 0.6 is 0 Å². The van der Waals surface area contributed by atoms with E-state index in [0.717, 1.165) is 64.1 Å². The number of aliphatic hydroxyl groups is 1. The van der Waals surface area contributed by atoms with E-state index in [2.05, 4.69) is 40.7 Å². The van der Waals surface area contributed by atoms with E-state index in [1.54, 1.807) is 0 Å². The molecule has 0 amide bonds. The predicted molar refractivity (Wildman–Crippen MR) is 133 cm³/mol. The SMILES string of the molecule is CC1(C)CC[C@]2(C(=O)O)CC[C@]3(C)C(=CC[C@@H]4[C@@]5(C)CC[C@H](O)[C@](C)(C=O)[C@@H]5CC[C@]43C)[C@@H]2C1. The zero-order valence-corrected chi connectivity index (χ0v) is 22.2. The number of allylic oxidation sites excluding steroid dienone is 2. The first-order chi connectivity index (χ1) is 15.7. The van der Waals surface area contributed by atoms with E-state index in [1.165, 1.54) is 5.57 Å². The van der Waals surface area contributed by atoms with Gasteiger partial charge in [-0.05, 0) is 104 Å². The van der Waals surface area contributed by atoms with E-state index in [9.17, 15) is 19.8 Å². The van der Waals surface area contributed by atoms with Gasteiger partial charge in [-0.25, -0.2) is 0 Å². The van der Waals surface area contributed by atoms with Crippen molar-refractivity contribution in [3.05, 3.63) is 11.6 Å². The average Bonchev–Trinajstić information content (AvgIpc) is 2.76. The van der Waals surface area contributed by atoms with Crippen molar-refractivity contribution in [3.63, 3.8) is 0 Å². The van der Waals surface area contributed by atoms with Gasteiger partial charge in [-0.2, -0.15) is 0 Å². The van der Waals surface area contributed by atoms with Crippen molar-refractivity contribution in [3.8, 4) is 0 Å². The Labute approximate surface area is 206 Å². The predicted octanol–water partition coefficient (Wildman–Crippen LogP) is 6.41. The van der Waals surface area contributed by atoms with Gasteiger partial charge < -0.3 is 15.0 Å². The van der Waals surface area contributed by atoms with E-state index >= 15 is 0 Å². The third kappa shape index (κ3) is 2.81. The van der Waals surface area contributed by atoms with Gasteiger partial charge in [0.25, 0.3) is 0 Å². The monoisotopic (exact) mass is 470 g/mol. The third-order valence-corrected chi connectivity index (χ3v) is 13.0. The molecule has 190 valence electrons. The van der Waals surface area contributed by atoms with Gasteiger partial charge in [0.05, 0.1) is 16.9 Å². The second kappa shape index (κ2) is 7.20. The summed E-state index contributed by atoms with van der Waals surface area (Å²) in [4.78, 5) is 25.1. The fraction of sp³-hybridized carbons (Fsp3) is 0.867. The molecule has 4 heteroatoms. The fourth-order valence-corrected chi connectivity index (χ4v) is 10.5. The Bertz CT molecular complexity index is 936. The largest absolute Gasteiger partial charge is 0.481 e. The number of carbonyl (C=O) groups is 2. The van der Waals surface area contributed by atoms with Crippen molar-refractivity contribution < 1.29 is 19.8 Å². The number of carboxylic acid groups (broad SMARTS) is 1. The number of carbonyl (C=O) groups excluding carboxylic acids is 1. The smallest absolute Gasteiger partial charge is 0.310 e. The van der Waals surface area contributed by atoms with Gasteiger partial charge in [0.15, 0.2) is 0 Å². The molecule has 4 nitrogen and oxygen atoms in total. The maximum absolute atomic E-state index is 12.8. The Hall–Kier alpha value is -1.16. The summed E-state index contributed by atoms with van der Waals surface area (Å²) in [7, 11) is 0. The molecule has 0 aromatic heterocycles. The van der Waals surface area contributed by atoms with Gasteiger partial charge >= 0.3 is 5.97 Å². The van der Waals surface area contributed by atoms with Crippen molar-refractivity contribution >= 4 is 12.3 Å². The summed E-state index contributed by atoms with van der Waals surface area (Å²) in [5.41, 5.74) is 0.446. The van der Waals surface area contributed by atoms with Crippen LogP contribution in [0.4, 0.5) is 0 Å². The molecule has 5 aliphatic rings. The minimum atomic E-state index is -0.669. The van der Waals surface area contributed by atoms with Gasteiger partial charge in [0.2, 0.25) is 0 Å². The Kier molecular flexibility index (Phi) is 5.20. The van der Waals surface area contributed by atoms with Gasteiger partial charge in [0, 0.05) is 0 Å². The fourth-order valence-electron chi connectivity index (χ4n) is 10.5. The second-order valence-electron chi connectivity index (χ2n) is 14.7. The maximum atomic E-state index is 12.8. The summed E-state index contributed by atoms with van der Waals surface area (Å²) in [6.07, 6.45) is 12.1. The lowest BCUT2D eigenvalue weighted by Gasteiger charge is -2.70. The summed E-state index contributed by atoms with van der Waals surface area (Å²) in [6, 6.07) is 0. The highest BCUT2D eigenvalue weighted by Gasteiger charge is 2.69. The number of rotatable bonds is 2. The lowest BCUT2D eigenvalue weighted by atomic mass is 9.33. The molecule has 34 heavy (non-hydrogen) atoms. The molecule has 4 saturated carbocycles. The number of aldehydes is 1. The van der Waals surface area contributed by atoms with E-state index in [1.807, 2.05) is 6.92 Å². The summed E-state index contributed by atoms with van der Waals surface area (Å²) in [5.74, 6) is 0.201. The van der Waals surface area contributed by atoms with Gasteiger partial charge in [-0.1, -0.05) is 53.2 Å². The summed E-state index contributed by atoms with van der Waals surface area (Å²) in [5, 5.41) is 21.3. The van der Waals surface area contributed by atoms with Gasteiger partial charge in [0.1, 0.15) is 6.29 Å². The van der Waals surface area contributed by atoms with Gasteiger partial charge in [-0.15, -0.1) is 0 Å². The number of hydrogen-bond donors (Lipinski definition) is 2. The van der Waals surface area contributed by atoms with Crippen LogP contribution in [0.2, 0.25) is 0 Å². The first-order valence-corrected chi connectivity index (χ1v) is 13.8. The van der Waals surface area contributed by atoms with Crippen LogP contribution in [0.5, 0.6) is 0 Å². The molecule has 2 N–H and O–H groups in total. The number of aliphatic hydroxyl groups excluding tert-OH is 1. The van der Waals surface area contributed by atoms with Crippen molar-refractivity contribution in [1.29, 1.82) is 0 Å². The molecule has 0 aromatic carbocycles. The topological polar surface area (TPSA) is 74.6 Å². The van der Waals surface area contributed by atoms with E-state index in [0.29, 0.717) is 12.3 Å². The standard InChI is InChI=1S/C30H46O4/c1-25(2)13-15-30(24(33)34)16-14-28(5)19(20(30)17-25)7-8-22-26(3)11-10-23(32)27(4,18-31)21(26)9-12-29(22,28)6/h7,18,20-23,32H,8-17H2,1-6H3,(H,33,34)/t20-,21+,22+,23-,26-,27+,28+,29+,30-/m0/s1. The minimum absolute atomic E-state index is 0.00538. The molecule has 5 aliphatic carbocycles. The van der Waals surface area contributed by atoms with Crippen LogP contribution in [0, 0.1) is 50.2 Å². The van der Waals surface area contributed by atoms with Crippen LogP contribution in [0.25, 0.3) is 0 Å². The summed E-state index contributed by atoms with van der Waals surface area (Å²) >= 11 is 0. The highest BCUT2D eigenvalue weighted by atomic mass is 16.4. The maximum Gasteiger partial charge on any atom is 0.310 e. The minimum Gasteiger partial charge on any atom is -0.481 e. The lowest BCUT2D eigenvalue weighted by Crippen LogP contribution is -2.65. The van der Waals surface area contributed by atoms with Crippen LogP contribution in [0.1, 0.15) is 106 Å². The van der Waals surface area contributed by atoms with E-state index in [-0.39, 0.29) is 33.5 Å². The molecular formula is C30H46O4. The van der Waals surface area contributed by atoms with Crippen molar-refractivity contribution in [1.82, 2.24) is 0 Å². The third-order valence-electron chi connectivity index (χ3n) is 13.0. The molecule has 5 rings (SSSR count). The number of aliphatic carboxylic acids is 1. The molecule has 0 spiro atoms. The molecule has 0 unspecified atom stereocenters. The Balaban J connectivity index is 1.60. The molecule has 4 fully saturated rings. The summed E-state index contributed by atoms with van der Waals surface area (Å²) < 4.78 is 0. The Morgan fingerprint density at radius 1 is 0.941 bits per heavy atom. The first kappa shape index (κ1) is 24.5. The quantitative estimate of drug-likeness (QED) is 0.361. The molecule has 0 bridgehead atoms. The highest BCUT2D eigenvalue weighted by molar-refractivity contribution is 5.76. The number of carboxylic acids is 1. The van der Waals surface area contributed by atoms with Crippen LogP contribution in [-0.2, 0) is 9.59 Å². The van der Waals surface area contributed by atoms with Crippen molar-refractivity contribution in [2.45, 2.75) is 112 Å². The Morgan fingerprint density at radius 3 is 2.26 bits per heavy atom. The molecule has 0 aromatic rings. The average molecular weight is 471 g/mol. The number of hydrogen-bond acceptors (Lipinski definition) is 3. The van der Waals surface area contributed by atoms with Gasteiger partial charge in [-0.3, -0.25) is 4.79 Å². The molecular weight excluding hydrogens is 424 g/mol.